The fourth-order valence-electron chi connectivity index (χ4n) is 6.63. The van der Waals surface area contributed by atoms with Crippen LogP contribution in [-0.4, -0.2) is 27.3 Å². The average molecular weight is 531 g/mol. The van der Waals surface area contributed by atoms with Crippen molar-refractivity contribution in [3.8, 4) is 0 Å². The first kappa shape index (κ1) is 24.5. The highest BCUT2D eigenvalue weighted by Crippen LogP contribution is 2.60. The van der Waals surface area contributed by atoms with Gasteiger partial charge < -0.3 is 4.89 Å². The zero-order chi connectivity index (χ0) is 26.7. The molecule has 0 amide bonds. The summed E-state index contributed by atoms with van der Waals surface area (Å²) in [6.45, 7) is 5.20. The molecule has 0 unspecified atom stereocenters. The molecular formula is C34H31N2O2P. The van der Waals surface area contributed by atoms with Crippen LogP contribution in [0.25, 0.3) is 43.1 Å². The quantitative estimate of drug-likeness (QED) is 0.183. The fourth-order valence-corrected chi connectivity index (χ4v) is 8.78. The smallest absolute Gasteiger partial charge is 0.322 e. The highest BCUT2D eigenvalue weighted by Gasteiger charge is 2.47. The number of benzene rings is 6. The first-order chi connectivity index (χ1) is 18.9. The van der Waals surface area contributed by atoms with Crippen LogP contribution in [0.5, 0.6) is 0 Å². The van der Waals surface area contributed by atoms with Crippen molar-refractivity contribution in [2.75, 3.05) is 13.1 Å². The summed E-state index contributed by atoms with van der Waals surface area (Å²) in [6, 6.07) is 37.5. The summed E-state index contributed by atoms with van der Waals surface area (Å²) in [5.41, 5.74) is 2.17. The Morgan fingerprint density at radius 2 is 0.897 bits per heavy atom. The van der Waals surface area contributed by atoms with E-state index in [2.05, 4.69) is 123 Å². The van der Waals surface area contributed by atoms with Crippen molar-refractivity contribution in [2.24, 2.45) is 0 Å². The van der Waals surface area contributed by atoms with E-state index >= 15 is 0 Å². The van der Waals surface area contributed by atoms with Crippen LogP contribution < -0.4 is 0 Å². The van der Waals surface area contributed by atoms with Gasteiger partial charge in [-0.3, -0.25) is 4.57 Å². The molecular weight excluding hydrogens is 499 g/mol. The Labute approximate surface area is 228 Å². The molecule has 0 aromatic heterocycles. The molecule has 194 valence electrons. The molecule has 1 aliphatic heterocycles. The van der Waals surface area contributed by atoms with Crippen molar-refractivity contribution < 1.29 is 9.46 Å². The predicted octanol–water partition coefficient (Wildman–Crippen LogP) is 8.84. The van der Waals surface area contributed by atoms with Gasteiger partial charge in [0.05, 0.1) is 0 Å². The molecule has 6 aromatic carbocycles. The van der Waals surface area contributed by atoms with Crippen molar-refractivity contribution in [1.82, 2.24) is 9.34 Å². The fraction of sp³-hybridized carbons (Fsp3) is 0.176. The molecule has 1 heterocycles. The van der Waals surface area contributed by atoms with Gasteiger partial charge in [-0.25, -0.2) is 9.34 Å². The van der Waals surface area contributed by atoms with E-state index in [0.29, 0.717) is 13.1 Å². The van der Waals surface area contributed by atoms with E-state index in [4.69, 9.17) is 0 Å². The van der Waals surface area contributed by atoms with Crippen LogP contribution in [0.2, 0.25) is 0 Å². The van der Waals surface area contributed by atoms with E-state index in [9.17, 15) is 9.46 Å². The normalized spacial score (nSPS) is 17.8. The summed E-state index contributed by atoms with van der Waals surface area (Å²) in [5, 5.41) is 9.34. The number of nitrogens with zero attached hydrogens (tertiary/aromatic N) is 2. The van der Waals surface area contributed by atoms with Crippen LogP contribution in [0, 0.1) is 0 Å². The largest absolute Gasteiger partial charge is 0.344 e. The van der Waals surface area contributed by atoms with Crippen LogP contribution in [0.3, 0.4) is 0 Å². The van der Waals surface area contributed by atoms with E-state index in [1.54, 1.807) is 0 Å². The van der Waals surface area contributed by atoms with Crippen LogP contribution in [0.1, 0.15) is 37.1 Å². The Morgan fingerprint density at radius 1 is 0.564 bits per heavy atom. The first-order valence-corrected chi connectivity index (χ1v) is 15.2. The maximum absolute atomic E-state index is 14.3. The third-order valence-corrected chi connectivity index (χ3v) is 11.1. The van der Waals surface area contributed by atoms with Gasteiger partial charge in [0, 0.05) is 25.2 Å². The van der Waals surface area contributed by atoms with Crippen molar-refractivity contribution in [2.45, 2.75) is 25.9 Å². The number of hydrogen-bond acceptors (Lipinski definition) is 1. The van der Waals surface area contributed by atoms with Crippen molar-refractivity contribution >= 4 is 50.8 Å². The standard InChI is InChI=1S/C34H31N2O2P/c1-23(33-21-25-11-3-5-13-27(25)29-15-7-9-17-31(29)33)35-19-20-36(39(35,37)38)24(2)34-22-26-12-4-6-14-28(26)30-16-8-10-18-32(30)34/h3-18,21-24H,19-20H2,1-2H3,(H,37,38)/t23-,24-/m0/s1. The molecule has 2 atom stereocenters. The molecule has 1 aliphatic rings. The van der Waals surface area contributed by atoms with Crippen LogP contribution >= 0.6 is 7.67 Å². The zero-order valence-corrected chi connectivity index (χ0v) is 23.1. The van der Waals surface area contributed by atoms with Gasteiger partial charge in [0.25, 0.3) is 0 Å². The molecule has 1 fully saturated rings. The van der Waals surface area contributed by atoms with Crippen molar-refractivity contribution in [3.63, 3.8) is 0 Å². The Hall–Kier alpha value is -3.53. The van der Waals surface area contributed by atoms with Gasteiger partial charge in [0.15, 0.2) is 0 Å². The van der Waals surface area contributed by atoms with Gasteiger partial charge in [-0.15, -0.1) is 0 Å². The lowest BCUT2D eigenvalue weighted by Gasteiger charge is -2.33. The van der Waals surface area contributed by atoms with Gasteiger partial charge in [-0.05, 0) is 80.2 Å². The van der Waals surface area contributed by atoms with Gasteiger partial charge in [-0.1, -0.05) is 97.1 Å². The monoisotopic (exact) mass is 530 g/mol. The highest BCUT2D eigenvalue weighted by molar-refractivity contribution is 7.53. The topological polar surface area (TPSA) is 43.8 Å². The Bertz CT molecular complexity index is 1800. The molecule has 6 aromatic rings. The summed E-state index contributed by atoms with van der Waals surface area (Å²) in [6.07, 6.45) is 0. The summed E-state index contributed by atoms with van der Waals surface area (Å²) in [4.78, 5) is 11.8. The second-order valence-corrected chi connectivity index (χ2v) is 12.7. The molecule has 0 spiro atoms. The van der Waals surface area contributed by atoms with E-state index in [0.717, 1.165) is 32.7 Å². The van der Waals surface area contributed by atoms with Crippen LogP contribution in [0.4, 0.5) is 0 Å². The minimum atomic E-state index is -3.82. The minimum absolute atomic E-state index is 0.221. The van der Waals surface area contributed by atoms with Crippen molar-refractivity contribution in [3.05, 3.63) is 120 Å². The summed E-state index contributed by atoms with van der Waals surface area (Å²) < 4.78 is 18.0. The molecule has 39 heavy (non-hydrogen) atoms. The molecule has 0 saturated carbocycles. The summed E-state index contributed by atoms with van der Waals surface area (Å²) in [5.74, 6) is 0. The van der Waals surface area contributed by atoms with Gasteiger partial charge in [0.1, 0.15) is 0 Å². The van der Waals surface area contributed by atoms with Gasteiger partial charge in [-0.2, -0.15) is 0 Å². The minimum Gasteiger partial charge on any atom is -0.322 e. The highest BCUT2D eigenvalue weighted by atomic mass is 31.2. The third-order valence-electron chi connectivity index (χ3n) is 8.62. The molecule has 1 N–H and O–H groups in total. The van der Waals surface area contributed by atoms with Crippen molar-refractivity contribution in [1.29, 1.82) is 0 Å². The zero-order valence-electron chi connectivity index (χ0n) is 22.2. The molecule has 0 aliphatic carbocycles. The molecule has 0 bridgehead atoms. The Morgan fingerprint density at radius 3 is 1.31 bits per heavy atom. The lowest BCUT2D eigenvalue weighted by molar-refractivity contribution is 0.296. The third kappa shape index (κ3) is 3.83. The maximum atomic E-state index is 14.3. The molecule has 1 saturated heterocycles. The summed E-state index contributed by atoms with van der Waals surface area (Å²) >= 11 is 0. The van der Waals surface area contributed by atoms with E-state index < -0.39 is 7.67 Å². The van der Waals surface area contributed by atoms with Gasteiger partial charge in [0.2, 0.25) is 0 Å². The first-order valence-electron chi connectivity index (χ1n) is 13.6. The molecule has 0 radical (unpaired) electrons. The number of fused-ring (bicyclic) bond motifs is 6. The SMILES string of the molecule is C[C@@H](c1cc2ccccc2c2ccccc12)N1CCN([C@@H](C)c2cc3ccccc3c3ccccc23)P1(=O)O. The number of hydrogen-bond donors (Lipinski definition) is 1. The van der Waals surface area contributed by atoms with Crippen LogP contribution in [0.15, 0.2) is 109 Å². The van der Waals surface area contributed by atoms with Crippen LogP contribution in [-0.2, 0) is 4.57 Å². The van der Waals surface area contributed by atoms with E-state index in [-0.39, 0.29) is 12.1 Å². The predicted molar refractivity (Wildman–Crippen MR) is 163 cm³/mol. The molecule has 7 rings (SSSR count). The van der Waals surface area contributed by atoms with E-state index in [1.165, 1.54) is 21.5 Å². The van der Waals surface area contributed by atoms with E-state index in [1.807, 2.05) is 9.34 Å². The second-order valence-electron chi connectivity index (χ2n) is 10.7. The maximum Gasteiger partial charge on any atom is 0.344 e. The molecule has 5 heteroatoms. The second kappa shape index (κ2) is 9.29. The lowest BCUT2D eigenvalue weighted by atomic mass is 9.94. The lowest BCUT2D eigenvalue weighted by Crippen LogP contribution is -2.24. The Kier molecular flexibility index (Phi) is 5.84. The van der Waals surface area contributed by atoms with Gasteiger partial charge >= 0.3 is 7.67 Å². The number of rotatable bonds is 4. The average Bonchev–Trinajstić information content (AvgIpc) is 3.29. The Balaban J connectivity index is 1.30. The summed E-state index contributed by atoms with van der Waals surface area (Å²) in [7, 11) is -3.82. The molecule has 4 nitrogen and oxygen atoms in total.